The number of aliphatic hydroxyl groups is 1. The van der Waals surface area contributed by atoms with Gasteiger partial charge in [0.15, 0.2) is 0 Å². The summed E-state index contributed by atoms with van der Waals surface area (Å²) in [6.07, 6.45) is 4.63. The van der Waals surface area contributed by atoms with Gasteiger partial charge in [0.05, 0.1) is 17.6 Å². The van der Waals surface area contributed by atoms with E-state index in [4.69, 9.17) is 5.26 Å². The van der Waals surface area contributed by atoms with E-state index in [0.29, 0.717) is 5.92 Å². The molecule has 1 rings (SSSR count). The van der Waals surface area contributed by atoms with Crippen molar-refractivity contribution in [3.63, 3.8) is 0 Å². The standard InChI is InChI=1S/C11H19NO/c1-3-9-5-6-11(13,7-9)10(4-2)8-12/h9-10,13H,3-7H2,1-2H3. The second-order valence-electron chi connectivity index (χ2n) is 4.21. The molecular formula is C11H19NO. The van der Waals surface area contributed by atoms with Crippen LogP contribution < -0.4 is 0 Å². The molecule has 2 heteroatoms. The number of rotatable bonds is 3. The summed E-state index contributed by atoms with van der Waals surface area (Å²) in [5, 5.41) is 19.1. The van der Waals surface area contributed by atoms with E-state index in [-0.39, 0.29) is 5.92 Å². The molecule has 0 aromatic rings. The van der Waals surface area contributed by atoms with E-state index in [9.17, 15) is 5.11 Å². The molecule has 0 saturated heterocycles. The molecule has 0 bridgehead atoms. The van der Waals surface area contributed by atoms with Gasteiger partial charge < -0.3 is 5.11 Å². The van der Waals surface area contributed by atoms with E-state index < -0.39 is 5.60 Å². The summed E-state index contributed by atoms with van der Waals surface area (Å²) in [5.74, 6) is 0.469. The Hall–Kier alpha value is -0.550. The van der Waals surface area contributed by atoms with Crippen molar-refractivity contribution in [1.82, 2.24) is 0 Å². The molecule has 0 aromatic carbocycles. The molecule has 1 aliphatic carbocycles. The van der Waals surface area contributed by atoms with E-state index in [1.54, 1.807) is 0 Å². The van der Waals surface area contributed by atoms with Crippen molar-refractivity contribution in [2.24, 2.45) is 11.8 Å². The zero-order valence-electron chi connectivity index (χ0n) is 8.58. The smallest absolute Gasteiger partial charge is 0.0807 e. The van der Waals surface area contributed by atoms with Crippen LogP contribution in [0.3, 0.4) is 0 Å². The number of nitrogens with zero attached hydrogens (tertiary/aromatic N) is 1. The Morgan fingerprint density at radius 1 is 1.62 bits per heavy atom. The van der Waals surface area contributed by atoms with Gasteiger partial charge in [-0.05, 0) is 31.6 Å². The highest BCUT2D eigenvalue weighted by molar-refractivity contribution is 5.02. The first-order chi connectivity index (χ1) is 6.16. The van der Waals surface area contributed by atoms with Gasteiger partial charge in [0.1, 0.15) is 0 Å². The lowest BCUT2D eigenvalue weighted by molar-refractivity contribution is 0.00385. The Kier molecular flexibility index (Phi) is 3.33. The van der Waals surface area contributed by atoms with Crippen LogP contribution in [0.25, 0.3) is 0 Å². The van der Waals surface area contributed by atoms with Gasteiger partial charge in [0, 0.05) is 0 Å². The fourth-order valence-electron chi connectivity index (χ4n) is 2.41. The summed E-state index contributed by atoms with van der Waals surface area (Å²) in [5.41, 5.74) is -0.676. The Labute approximate surface area is 80.6 Å². The molecule has 0 aromatic heterocycles. The van der Waals surface area contributed by atoms with Crippen molar-refractivity contribution in [1.29, 1.82) is 5.26 Å². The van der Waals surface area contributed by atoms with Crippen LogP contribution in [0.2, 0.25) is 0 Å². The maximum absolute atomic E-state index is 10.2. The predicted octanol–water partition coefficient (Wildman–Crippen LogP) is 2.48. The number of hydrogen-bond donors (Lipinski definition) is 1. The third-order valence-corrected chi connectivity index (χ3v) is 3.42. The quantitative estimate of drug-likeness (QED) is 0.727. The highest BCUT2D eigenvalue weighted by Gasteiger charge is 2.42. The lowest BCUT2D eigenvalue weighted by atomic mass is 9.84. The van der Waals surface area contributed by atoms with Crippen LogP contribution in [-0.2, 0) is 0 Å². The van der Waals surface area contributed by atoms with Gasteiger partial charge in [0.25, 0.3) is 0 Å². The van der Waals surface area contributed by atoms with Crippen LogP contribution in [-0.4, -0.2) is 10.7 Å². The van der Waals surface area contributed by atoms with Crippen molar-refractivity contribution in [3.05, 3.63) is 0 Å². The minimum absolute atomic E-state index is 0.163. The van der Waals surface area contributed by atoms with Gasteiger partial charge in [0.2, 0.25) is 0 Å². The molecule has 74 valence electrons. The molecule has 3 atom stereocenters. The molecule has 1 N–H and O–H groups in total. The summed E-state index contributed by atoms with van der Waals surface area (Å²) >= 11 is 0. The molecule has 3 unspecified atom stereocenters. The second kappa shape index (κ2) is 4.11. The SMILES string of the molecule is CCC1CCC(O)(C(C#N)CC)C1. The average Bonchev–Trinajstić information content (AvgIpc) is 2.50. The molecule has 0 spiro atoms. The maximum Gasteiger partial charge on any atom is 0.0807 e. The average molecular weight is 181 g/mol. The summed E-state index contributed by atoms with van der Waals surface area (Å²) in [6, 6.07) is 2.23. The van der Waals surface area contributed by atoms with Crippen LogP contribution in [0, 0.1) is 23.2 Å². The van der Waals surface area contributed by atoms with Crippen molar-refractivity contribution < 1.29 is 5.11 Å². The number of nitriles is 1. The Bertz CT molecular complexity index is 209. The van der Waals surface area contributed by atoms with Crippen LogP contribution in [0.5, 0.6) is 0 Å². The van der Waals surface area contributed by atoms with E-state index >= 15 is 0 Å². The molecule has 0 radical (unpaired) electrons. The van der Waals surface area contributed by atoms with E-state index in [1.165, 1.54) is 0 Å². The molecular weight excluding hydrogens is 162 g/mol. The van der Waals surface area contributed by atoms with Gasteiger partial charge in [-0.2, -0.15) is 5.26 Å². The lowest BCUT2D eigenvalue weighted by Gasteiger charge is -2.27. The van der Waals surface area contributed by atoms with Gasteiger partial charge >= 0.3 is 0 Å². The van der Waals surface area contributed by atoms with Gasteiger partial charge in [-0.1, -0.05) is 20.3 Å². The van der Waals surface area contributed by atoms with E-state index in [1.807, 2.05) is 6.92 Å². The first kappa shape index (κ1) is 10.5. The van der Waals surface area contributed by atoms with Crippen LogP contribution in [0.4, 0.5) is 0 Å². The van der Waals surface area contributed by atoms with Gasteiger partial charge in [-0.15, -0.1) is 0 Å². The monoisotopic (exact) mass is 181 g/mol. The Balaban J connectivity index is 2.63. The summed E-state index contributed by atoms with van der Waals surface area (Å²) in [4.78, 5) is 0. The van der Waals surface area contributed by atoms with Crippen molar-refractivity contribution in [2.45, 2.75) is 51.6 Å². The fraction of sp³-hybridized carbons (Fsp3) is 0.909. The molecule has 1 fully saturated rings. The highest BCUT2D eigenvalue weighted by Crippen LogP contribution is 2.41. The lowest BCUT2D eigenvalue weighted by Crippen LogP contribution is -2.34. The molecule has 1 saturated carbocycles. The van der Waals surface area contributed by atoms with E-state index in [0.717, 1.165) is 32.1 Å². The molecule has 1 aliphatic rings. The largest absolute Gasteiger partial charge is 0.389 e. The van der Waals surface area contributed by atoms with E-state index in [2.05, 4.69) is 13.0 Å². The topological polar surface area (TPSA) is 44.0 Å². The van der Waals surface area contributed by atoms with Crippen molar-refractivity contribution >= 4 is 0 Å². The van der Waals surface area contributed by atoms with Crippen LogP contribution in [0.1, 0.15) is 46.0 Å². The predicted molar refractivity (Wildman–Crippen MR) is 52.0 cm³/mol. The Morgan fingerprint density at radius 2 is 2.31 bits per heavy atom. The zero-order valence-corrected chi connectivity index (χ0v) is 8.58. The van der Waals surface area contributed by atoms with Crippen LogP contribution >= 0.6 is 0 Å². The minimum Gasteiger partial charge on any atom is -0.389 e. The molecule has 2 nitrogen and oxygen atoms in total. The summed E-state index contributed by atoms with van der Waals surface area (Å²) in [7, 11) is 0. The first-order valence-electron chi connectivity index (χ1n) is 5.28. The zero-order chi connectivity index (χ0) is 9.90. The molecule has 0 aliphatic heterocycles. The molecule has 13 heavy (non-hydrogen) atoms. The van der Waals surface area contributed by atoms with Crippen molar-refractivity contribution in [3.8, 4) is 6.07 Å². The van der Waals surface area contributed by atoms with Gasteiger partial charge in [-0.25, -0.2) is 0 Å². The fourth-order valence-corrected chi connectivity index (χ4v) is 2.41. The first-order valence-corrected chi connectivity index (χ1v) is 5.28. The highest BCUT2D eigenvalue weighted by atomic mass is 16.3. The second-order valence-corrected chi connectivity index (χ2v) is 4.21. The minimum atomic E-state index is -0.676. The van der Waals surface area contributed by atoms with Crippen molar-refractivity contribution in [2.75, 3.05) is 0 Å². The summed E-state index contributed by atoms with van der Waals surface area (Å²) in [6.45, 7) is 4.13. The number of hydrogen-bond acceptors (Lipinski definition) is 2. The molecule has 0 amide bonds. The van der Waals surface area contributed by atoms with Crippen LogP contribution in [0.15, 0.2) is 0 Å². The van der Waals surface area contributed by atoms with Gasteiger partial charge in [-0.3, -0.25) is 0 Å². The third-order valence-electron chi connectivity index (χ3n) is 3.42. The third kappa shape index (κ3) is 2.03. The Morgan fingerprint density at radius 3 is 2.69 bits per heavy atom. The summed E-state index contributed by atoms with van der Waals surface area (Å²) < 4.78 is 0. The maximum atomic E-state index is 10.2. The normalized spacial score (nSPS) is 35.7. The molecule has 0 heterocycles.